The van der Waals surface area contributed by atoms with Crippen molar-refractivity contribution < 1.29 is 13.7 Å². The average molecular weight is 345 g/mol. The minimum atomic E-state index is -0.210. The van der Waals surface area contributed by atoms with E-state index in [0.29, 0.717) is 23.4 Å². The van der Waals surface area contributed by atoms with Crippen molar-refractivity contribution in [2.75, 3.05) is 11.9 Å². The van der Waals surface area contributed by atoms with E-state index in [1.807, 2.05) is 5.38 Å². The molecule has 1 fully saturated rings. The molecule has 4 rings (SSSR count). The van der Waals surface area contributed by atoms with Crippen LogP contribution < -0.4 is 5.32 Å². The third-order valence-corrected chi connectivity index (χ3v) is 4.60. The van der Waals surface area contributed by atoms with Gasteiger partial charge in [-0.1, -0.05) is 5.16 Å². The maximum Gasteiger partial charge on any atom is 0.243 e. The van der Waals surface area contributed by atoms with Crippen molar-refractivity contribution in [3.63, 3.8) is 0 Å². The molecule has 0 aliphatic carbocycles. The number of hydrogen-bond donors (Lipinski definition) is 1. The summed E-state index contributed by atoms with van der Waals surface area (Å²) < 4.78 is 10.3. The fraction of sp³-hybridized carbons (Fsp3) is 0.333. The lowest BCUT2D eigenvalue weighted by Gasteiger charge is -2.21. The number of aromatic nitrogens is 3. The molecule has 4 heterocycles. The van der Waals surface area contributed by atoms with Gasteiger partial charge in [-0.3, -0.25) is 9.69 Å². The van der Waals surface area contributed by atoms with Gasteiger partial charge in [0.05, 0.1) is 24.4 Å². The third kappa shape index (κ3) is 3.08. The minimum absolute atomic E-state index is 0.0444. The monoisotopic (exact) mass is 345 g/mol. The molecular weight excluding hydrogens is 330 g/mol. The highest BCUT2D eigenvalue weighted by molar-refractivity contribution is 7.13. The number of carbonyl (C=O) groups excluding carboxylic acids is 1. The number of amides is 1. The number of hydrogen-bond acceptors (Lipinski definition) is 8. The Labute approximate surface area is 141 Å². The lowest BCUT2D eigenvalue weighted by Crippen LogP contribution is -2.39. The number of nitrogens with one attached hydrogen (secondary N) is 1. The molecule has 1 aliphatic heterocycles. The second-order valence-corrected chi connectivity index (χ2v) is 6.37. The Morgan fingerprint density at radius 3 is 3.25 bits per heavy atom. The van der Waals surface area contributed by atoms with Gasteiger partial charge in [0.2, 0.25) is 17.6 Å². The summed E-state index contributed by atoms with van der Waals surface area (Å²) in [4.78, 5) is 22.9. The first-order valence-corrected chi connectivity index (χ1v) is 8.47. The molecule has 0 radical (unpaired) electrons. The topological polar surface area (TPSA) is 97.3 Å². The molecule has 1 saturated heterocycles. The fourth-order valence-electron chi connectivity index (χ4n) is 2.79. The zero-order valence-electron chi connectivity index (χ0n) is 12.7. The number of rotatable bonds is 5. The van der Waals surface area contributed by atoms with Crippen LogP contribution in [0.5, 0.6) is 0 Å². The summed E-state index contributed by atoms with van der Waals surface area (Å²) in [6.45, 7) is 1.26. The zero-order valence-corrected chi connectivity index (χ0v) is 13.5. The van der Waals surface area contributed by atoms with Crippen LogP contribution in [0.15, 0.2) is 39.1 Å². The molecule has 124 valence electrons. The summed E-state index contributed by atoms with van der Waals surface area (Å²) in [5.41, 5.74) is 0.768. The first-order chi connectivity index (χ1) is 11.8. The van der Waals surface area contributed by atoms with Gasteiger partial charge in [0.25, 0.3) is 0 Å². The Morgan fingerprint density at radius 1 is 1.50 bits per heavy atom. The maximum atomic E-state index is 12.4. The van der Waals surface area contributed by atoms with E-state index in [2.05, 4.69) is 25.3 Å². The molecule has 0 bridgehead atoms. The van der Waals surface area contributed by atoms with Gasteiger partial charge in [-0.15, -0.1) is 11.3 Å². The van der Waals surface area contributed by atoms with E-state index in [0.717, 1.165) is 24.9 Å². The molecule has 0 aromatic carbocycles. The highest BCUT2D eigenvalue weighted by Gasteiger charge is 2.32. The molecule has 24 heavy (non-hydrogen) atoms. The Kier molecular flexibility index (Phi) is 4.09. The standard InChI is InChI=1S/C15H15N5O3S/c21-14(18-15-16-4-7-24-15)11-2-1-5-20(11)8-12-17-13(19-23-12)10-3-6-22-9-10/h3-4,6-7,9,11H,1-2,5,8H2,(H,16,18,21). The normalized spacial score (nSPS) is 18.1. The number of nitrogens with zero attached hydrogens (tertiary/aromatic N) is 4. The maximum absolute atomic E-state index is 12.4. The Morgan fingerprint density at radius 2 is 2.46 bits per heavy atom. The SMILES string of the molecule is O=C(Nc1nccs1)C1CCCN1Cc1nc(-c2ccoc2)no1. The van der Waals surface area contributed by atoms with Crippen molar-refractivity contribution in [1.29, 1.82) is 0 Å². The molecule has 1 amide bonds. The van der Waals surface area contributed by atoms with Gasteiger partial charge in [0, 0.05) is 11.6 Å². The summed E-state index contributed by atoms with van der Waals surface area (Å²) in [7, 11) is 0. The smallest absolute Gasteiger partial charge is 0.243 e. The van der Waals surface area contributed by atoms with Crippen molar-refractivity contribution in [2.45, 2.75) is 25.4 Å². The van der Waals surface area contributed by atoms with E-state index in [-0.39, 0.29) is 11.9 Å². The highest BCUT2D eigenvalue weighted by Crippen LogP contribution is 2.23. The number of furan rings is 1. The molecule has 1 N–H and O–H groups in total. The summed E-state index contributed by atoms with van der Waals surface area (Å²) in [5.74, 6) is 0.930. The molecule has 1 atom stereocenters. The largest absolute Gasteiger partial charge is 0.472 e. The average Bonchev–Trinajstić information content (AvgIpc) is 3.36. The van der Waals surface area contributed by atoms with Crippen LogP contribution >= 0.6 is 11.3 Å². The van der Waals surface area contributed by atoms with Crippen LogP contribution in [0.2, 0.25) is 0 Å². The quantitative estimate of drug-likeness (QED) is 0.758. The van der Waals surface area contributed by atoms with Crippen LogP contribution in [0.1, 0.15) is 18.7 Å². The summed E-state index contributed by atoms with van der Waals surface area (Å²) in [6, 6.07) is 1.56. The molecular formula is C15H15N5O3S. The van der Waals surface area contributed by atoms with Crippen LogP contribution in [0.3, 0.4) is 0 Å². The summed E-state index contributed by atoms with van der Waals surface area (Å²) in [6.07, 6.45) is 6.56. The van der Waals surface area contributed by atoms with Crippen molar-refractivity contribution in [1.82, 2.24) is 20.0 Å². The van der Waals surface area contributed by atoms with Crippen LogP contribution in [-0.4, -0.2) is 38.5 Å². The predicted octanol–water partition coefficient (Wildman–Crippen LogP) is 2.39. The number of anilines is 1. The molecule has 0 spiro atoms. The second-order valence-electron chi connectivity index (χ2n) is 5.48. The van der Waals surface area contributed by atoms with Gasteiger partial charge in [-0.25, -0.2) is 4.98 Å². The predicted molar refractivity (Wildman–Crippen MR) is 86.2 cm³/mol. The van der Waals surface area contributed by atoms with E-state index in [9.17, 15) is 4.79 Å². The minimum Gasteiger partial charge on any atom is -0.472 e. The number of carbonyl (C=O) groups is 1. The van der Waals surface area contributed by atoms with Crippen molar-refractivity contribution in [3.8, 4) is 11.4 Å². The summed E-state index contributed by atoms with van der Waals surface area (Å²) >= 11 is 1.41. The molecule has 1 unspecified atom stereocenters. The van der Waals surface area contributed by atoms with Crippen LogP contribution in [0.4, 0.5) is 5.13 Å². The van der Waals surface area contributed by atoms with Gasteiger partial charge in [-0.2, -0.15) is 4.98 Å². The Balaban J connectivity index is 1.42. The van der Waals surface area contributed by atoms with Crippen molar-refractivity contribution in [2.24, 2.45) is 0 Å². The molecule has 9 heteroatoms. The van der Waals surface area contributed by atoms with Gasteiger partial charge in [0.15, 0.2) is 5.13 Å². The highest BCUT2D eigenvalue weighted by atomic mass is 32.1. The van der Waals surface area contributed by atoms with E-state index < -0.39 is 0 Å². The van der Waals surface area contributed by atoms with Crippen LogP contribution in [0.25, 0.3) is 11.4 Å². The fourth-order valence-corrected chi connectivity index (χ4v) is 3.32. The first kappa shape index (κ1) is 15.0. The Bertz CT molecular complexity index is 799. The van der Waals surface area contributed by atoms with E-state index in [1.54, 1.807) is 24.8 Å². The lowest BCUT2D eigenvalue weighted by atomic mass is 10.2. The molecule has 1 aliphatic rings. The van der Waals surface area contributed by atoms with Crippen molar-refractivity contribution >= 4 is 22.4 Å². The van der Waals surface area contributed by atoms with Crippen LogP contribution in [0, 0.1) is 0 Å². The van der Waals surface area contributed by atoms with Gasteiger partial charge < -0.3 is 14.3 Å². The zero-order chi connectivity index (χ0) is 16.4. The molecule has 3 aromatic rings. The van der Waals surface area contributed by atoms with E-state index in [1.165, 1.54) is 11.3 Å². The first-order valence-electron chi connectivity index (χ1n) is 7.59. The van der Waals surface area contributed by atoms with E-state index >= 15 is 0 Å². The Hall–Kier alpha value is -2.52. The lowest BCUT2D eigenvalue weighted by molar-refractivity contribution is -0.120. The van der Waals surface area contributed by atoms with E-state index in [4.69, 9.17) is 8.94 Å². The van der Waals surface area contributed by atoms with Gasteiger partial charge >= 0.3 is 0 Å². The number of likely N-dealkylation sites (tertiary alicyclic amines) is 1. The molecule has 8 nitrogen and oxygen atoms in total. The summed E-state index contributed by atoms with van der Waals surface area (Å²) in [5, 5.41) is 9.25. The third-order valence-electron chi connectivity index (χ3n) is 3.91. The van der Waals surface area contributed by atoms with Crippen molar-refractivity contribution in [3.05, 3.63) is 36.1 Å². The number of thiazole rings is 1. The van der Waals surface area contributed by atoms with Gasteiger partial charge in [0.1, 0.15) is 6.26 Å². The van der Waals surface area contributed by atoms with Crippen LogP contribution in [-0.2, 0) is 11.3 Å². The second kappa shape index (κ2) is 6.54. The molecule has 3 aromatic heterocycles. The molecule has 0 saturated carbocycles. The van der Waals surface area contributed by atoms with Gasteiger partial charge in [-0.05, 0) is 25.5 Å².